The fourth-order valence-corrected chi connectivity index (χ4v) is 4.02. The van der Waals surface area contributed by atoms with Crippen LogP contribution in [0.4, 0.5) is 0 Å². The van der Waals surface area contributed by atoms with Crippen LogP contribution in [0.2, 0.25) is 0 Å². The lowest BCUT2D eigenvalue weighted by Gasteiger charge is -2.19. The van der Waals surface area contributed by atoms with Gasteiger partial charge in [0.25, 0.3) is 0 Å². The molecule has 150 valence electrons. The first-order chi connectivity index (χ1) is 13.4. The standard InChI is InChI=1S/C20H26N4O2S2/c1-14-9-17(25-4)18(26-5)10-15(14)12-22(2)13-24-20(27)23(3)19(21-24)11-16-7-6-8-28-16/h6-10H,11-13H2,1-5H3. The van der Waals surface area contributed by atoms with E-state index in [0.29, 0.717) is 6.67 Å². The third-order valence-electron chi connectivity index (χ3n) is 4.70. The van der Waals surface area contributed by atoms with Gasteiger partial charge >= 0.3 is 0 Å². The van der Waals surface area contributed by atoms with Crippen LogP contribution in [0.3, 0.4) is 0 Å². The molecule has 0 saturated heterocycles. The van der Waals surface area contributed by atoms with Gasteiger partial charge in [-0.25, -0.2) is 4.68 Å². The lowest BCUT2D eigenvalue weighted by atomic mass is 10.1. The van der Waals surface area contributed by atoms with Crippen molar-refractivity contribution in [2.24, 2.45) is 7.05 Å². The minimum absolute atomic E-state index is 0.616. The number of nitrogens with zero attached hydrogens (tertiary/aromatic N) is 4. The van der Waals surface area contributed by atoms with E-state index in [1.807, 2.05) is 28.4 Å². The van der Waals surface area contributed by atoms with Crippen molar-refractivity contribution in [2.45, 2.75) is 26.6 Å². The lowest BCUT2D eigenvalue weighted by Crippen LogP contribution is -2.23. The van der Waals surface area contributed by atoms with Crippen molar-refractivity contribution >= 4 is 23.6 Å². The number of rotatable bonds is 8. The van der Waals surface area contributed by atoms with Crippen molar-refractivity contribution in [1.82, 2.24) is 19.2 Å². The molecule has 0 bridgehead atoms. The van der Waals surface area contributed by atoms with Gasteiger partial charge in [-0.1, -0.05) is 6.07 Å². The maximum Gasteiger partial charge on any atom is 0.198 e. The number of ether oxygens (including phenoxy) is 2. The van der Waals surface area contributed by atoms with Gasteiger partial charge in [-0.3, -0.25) is 4.90 Å². The molecule has 3 aromatic rings. The first kappa shape index (κ1) is 20.6. The Morgan fingerprint density at radius 2 is 1.93 bits per heavy atom. The second-order valence-corrected chi connectivity index (χ2v) is 8.20. The van der Waals surface area contributed by atoms with Gasteiger partial charge in [0.15, 0.2) is 16.3 Å². The summed E-state index contributed by atoms with van der Waals surface area (Å²) in [5.41, 5.74) is 2.34. The molecular weight excluding hydrogens is 392 g/mol. The van der Waals surface area contributed by atoms with E-state index < -0.39 is 0 Å². The summed E-state index contributed by atoms with van der Waals surface area (Å²) in [5.74, 6) is 2.46. The number of hydrogen-bond donors (Lipinski definition) is 0. The molecule has 0 saturated carbocycles. The predicted molar refractivity (Wildman–Crippen MR) is 115 cm³/mol. The molecule has 0 unspecified atom stereocenters. The van der Waals surface area contributed by atoms with Crippen LogP contribution < -0.4 is 9.47 Å². The zero-order chi connectivity index (χ0) is 20.3. The van der Waals surface area contributed by atoms with Crippen molar-refractivity contribution in [3.63, 3.8) is 0 Å². The first-order valence-corrected chi connectivity index (χ1v) is 10.3. The highest BCUT2D eigenvalue weighted by Crippen LogP contribution is 2.30. The zero-order valence-electron chi connectivity index (χ0n) is 16.9. The zero-order valence-corrected chi connectivity index (χ0v) is 18.6. The highest BCUT2D eigenvalue weighted by molar-refractivity contribution is 7.71. The van der Waals surface area contributed by atoms with Crippen LogP contribution in [0.1, 0.15) is 21.8 Å². The summed E-state index contributed by atoms with van der Waals surface area (Å²) in [6.45, 7) is 3.45. The second-order valence-electron chi connectivity index (χ2n) is 6.80. The molecule has 3 rings (SSSR count). The first-order valence-electron chi connectivity index (χ1n) is 8.98. The van der Waals surface area contributed by atoms with Gasteiger partial charge in [-0.2, -0.15) is 5.10 Å². The van der Waals surface area contributed by atoms with Crippen LogP contribution in [0, 0.1) is 11.7 Å². The van der Waals surface area contributed by atoms with E-state index in [1.165, 1.54) is 10.4 Å². The smallest absolute Gasteiger partial charge is 0.198 e. The average molecular weight is 419 g/mol. The molecule has 0 aliphatic rings. The molecule has 0 spiro atoms. The SMILES string of the molecule is COc1cc(C)c(CN(C)Cn2nc(Cc3cccs3)n(C)c2=S)cc1OC. The fraction of sp³-hybridized carbons (Fsp3) is 0.400. The van der Waals surface area contributed by atoms with Crippen molar-refractivity contribution in [3.8, 4) is 11.5 Å². The molecule has 0 aliphatic carbocycles. The Morgan fingerprint density at radius 3 is 2.57 bits per heavy atom. The van der Waals surface area contributed by atoms with E-state index in [9.17, 15) is 0 Å². The number of aryl methyl sites for hydroxylation is 1. The van der Waals surface area contributed by atoms with Gasteiger partial charge in [0.05, 0.1) is 20.9 Å². The predicted octanol–water partition coefficient (Wildman–Crippen LogP) is 4.02. The number of hydrogen-bond acceptors (Lipinski definition) is 6. The summed E-state index contributed by atoms with van der Waals surface area (Å²) in [4.78, 5) is 3.47. The van der Waals surface area contributed by atoms with E-state index in [4.69, 9.17) is 26.8 Å². The Hall–Kier alpha value is -2.16. The van der Waals surface area contributed by atoms with Crippen molar-refractivity contribution in [3.05, 3.63) is 56.2 Å². The van der Waals surface area contributed by atoms with E-state index in [-0.39, 0.29) is 0 Å². The molecule has 0 radical (unpaired) electrons. The van der Waals surface area contributed by atoms with Crippen LogP contribution in [0.25, 0.3) is 0 Å². The second kappa shape index (κ2) is 8.89. The Morgan fingerprint density at radius 1 is 1.21 bits per heavy atom. The van der Waals surface area contributed by atoms with Crippen LogP contribution in [-0.4, -0.2) is 40.5 Å². The lowest BCUT2D eigenvalue weighted by molar-refractivity contribution is 0.242. The van der Waals surface area contributed by atoms with Crippen LogP contribution in [-0.2, 0) is 26.7 Å². The normalized spacial score (nSPS) is 11.2. The monoisotopic (exact) mass is 418 g/mol. The number of aromatic nitrogens is 3. The van der Waals surface area contributed by atoms with Crippen LogP contribution in [0.15, 0.2) is 29.6 Å². The van der Waals surface area contributed by atoms with Crippen molar-refractivity contribution in [1.29, 1.82) is 0 Å². The molecule has 0 atom stereocenters. The highest BCUT2D eigenvalue weighted by Gasteiger charge is 2.13. The summed E-state index contributed by atoms with van der Waals surface area (Å²) in [6, 6.07) is 8.22. The topological polar surface area (TPSA) is 44.5 Å². The quantitative estimate of drug-likeness (QED) is 0.517. The van der Waals surface area contributed by atoms with Gasteiger partial charge in [-0.15, -0.1) is 11.3 Å². The molecule has 0 fully saturated rings. The minimum atomic E-state index is 0.616. The van der Waals surface area contributed by atoms with E-state index in [1.54, 1.807) is 25.6 Å². The summed E-state index contributed by atoms with van der Waals surface area (Å²) < 4.78 is 15.4. The molecule has 2 aromatic heterocycles. The molecule has 6 nitrogen and oxygen atoms in total. The molecule has 2 heterocycles. The maximum absolute atomic E-state index is 5.59. The van der Waals surface area contributed by atoms with E-state index in [2.05, 4.69) is 36.4 Å². The third kappa shape index (κ3) is 4.45. The summed E-state index contributed by atoms with van der Waals surface area (Å²) in [5, 5.41) is 6.83. The Kier molecular flexibility index (Phi) is 6.53. The van der Waals surface area contributed by atoms with Gasteiger partial charge in [0, 0.05) is 24.9 Å². The largest absolute Gasteiger partial charge is 0.493 e. The van der Waals surface area contributed by atoms with Gasteiger partial charge in [-0.05, 0) is 60.9 Å². The van der Waals surface area contributed by atoms with Gasteiger partial charge in [0.2, 0.25) is 0 Å². The molecular formula is C20H26N4O2S2. The molecule has 0 N–H and O–H groups in total. The molecule has 0 amide bonds. The van der Waals surface area contributed by atoms with E-state index >= 15 is 0 Å². The number of methoxy groups -OCH3 is 2. The Bertz CT molecular complexity index is 993. The summed E-state index contributed by atoms with van der Waals surface area (Å²) in [7, 11) is 7.35. The molecule has 0 aliphatic heterocycles. The minimum Gasteiger partial charge on any atom is -0.493 e. The Labute approximate surface area is 174 Å². The summed E-state index contributed by atoms with van der Waals surface area (Å²) in [6.07, 6.45) is 0.795. The fourth-order valence-electron chi connectivity index (χ4n) is 3.11. The van der Waals surface area contributed by atoms with Gasteiger partial charge in [0.1, 0.15) is 5.82 Å². The number of benzene rings is 1. The van der Waals surface area contributed by atoms with Gasteiger partial charge < -0.3 is 14.0 Å². The summed E-state index contributed by atoms with van der Waals surface area (Å²) >= 11 is 7.33. The van der Waals surface area contributed by atoms with E-state index in [0.717, 1.165) is 40.6 Å². The molecule has 1 aromatic carbocycles. The highest BCUT2D eigenvalue weighted by atomic mass is 32.1. The Balaban J connectivity index is 1.75. The van der Waals surface area contributed by atoms with Crippen molar-refractivity contribution in [2.75, 3.05) is 21.3 Å². The van der Waals surface area contributed by atoms with Crippen LogP contribution in [0.5, 0.6) is 11.5 Å². The maximum atomic E-state index is 5.59. The van der Waals surface area contributed by atoms with Crippen LogP contribution >= 0.6 is 23.6 Å². The molecule has 8 heteroatoms. The van der Waals surface area contributed by atoms with Crippen molar-refractivity contribution < 1.29 is 9.47 Å². The average Bonchev–Trinajstić information content (AvgIpc) is 3.27. The third-order valence-corrected chi connectivity index (χ3v) is 6.06. The molecule has 28 heavy (non-hydrogen) atoms. The number of thiophene rings is 1.